The highest BCUT2D eigenvalue weighted by Gasteiger charge is 2.35. The lowest BCUT2D eigenvalue weighted by atomic mass is 10.1. The molecule has 0 atom stereocenters. The summed E-state index contributed by atoms with van der Waals surface area (Å²) in [5, 5.41) is 8.86. The molecule has 0 aromatic carbocycles. The molecule has 0 spiro atoms. The minimum absolute atomic E-state index is 0.235. The molecule has 0 saturated heterocycles. The monoisotopic (exact) mass is 272 g/mol. The lowest BCUT2D eigenvalue weighted by molar-refractivity contribution is -0.275. The fourth-order valence-electron chi connectivity index (χ4n) is 1.33. The van der Waals surface area contributed by atoms with Gasteiger partial charge in [-0.05, 0) is 0 Å². The Morgan fingerprint density at radius 3 is 2.39 bits per heavy atom. The maximum absolute atomic E-state index is 12.6. The van der Waals surface area contributed by atoms with E-state index in [0.717, 1.165) is 0 Å². The quantitative estimate of drug-likeness (QED) is 0.821. The van der Waals surface area contributed by atoms with Crippen LogP contribution in [0.15, 0.2) is 6.20 Å². The van der Waals surface area contributed by atoms with Crippen molar-refractivity contribution in [1.29, 1.82) is 0 Å². The zero-order valence-corrected chi connectivity index (χ0v) is 8.84. The van der Waals surface area contributed by atoms with E-state index in [-0.39, 0.29) is 5.69 Å². The Kier molecular flexibility index (Phi) is 4.41. The molecule has 9 heteroatoms. The van der Waals surface area contributed by atoms with Gasteiger partial charge in [-0.15, -0.1) is 13.2 Å². The molecule has 1 rings (SSSR count). The molecule has 0 unspecified atom stereocenters. The molecule has 102 valence electrons. The molecule has 3 N–H and O–H groups in total. The molecule has 0 saturated carbocycles. The summed E-state index contributed by atoms with van der Waals surface area (Å²) < 4.78 is 65.1. The van der Waals surface area contributed by atoms with Crippen LogP contribution >= 0.6 is 0 Å². The molecule has 0 fully saturated rings. The first-order valence-corrected chi connectivity index (χ1v) is 4.65. The number of nitrogens with two attached hydrogens (primary N) is 1. The molecule has 1 aromatic rings. The number of alkyl halides is 5. The van der Waals surface area contributed by atoms with Crippen molar-refractivity contribution >= 4 is 0 Å². The summed E-state index contributed by atoms with van der Waals surface area (Å²) in [6, 6.07) is 0. The van der Waals surface area contributed by atoms with Crippen LogP contribution in [0.1, 0.15) is 23.2 Å². The van der Waals surface area contributed by atoms with Crippen molar-refractivity contribution in [3.8, 4) is 5.75 Å². The molecule has 4 nitrogen and oxygen atoms in total. The van der Waals surface area contributed by atoms with Crippen molar-refractivity contribution in [2.45, 2.75) is 25.9 Å². The number of pyridine rings is 1. The minimum Gasteiger partial charge on any atom is -0.405 e. The van der Waals surface area contributed by atoms with Crippen molar-refractivity contribution in [1.82, 2.24) is 4.98 Å². The van der Waals surface area contributed by atoms with Gasteiger partial charge < -0.3 is 15.6 Å². The van der Waals surface area contributed by atoms with Crippen molar-refractivity contribution in [2.24, 2.45) is 5.73 Å². The van der Waals surface area contributed by atoms with Crippen LogP contribution in [0.2, 0.25) is 0 Å². The van der Waals surface area contributed by atoms with Gasteiger partial charge in [-0.3, -0.25) is 4.98 Å². The predicted octanol–water partition coefficient (Wildman–Crippen LogP) is 1.87. The average molecular weight is 272 g/mol. The van der Waals surface area contributed by atoms with Crippen LogP contribution in [0, 0.1) is 0 Å². The number of aliphatic hydroxyl groups excluding tert-OH is 1. The van der Waals surface area contributed by atoms with Crippen molar-refractivity contribution in [3.05, 3.63) is 23.0 Å². The second-order valence-electron chi connectivity index (χ2n) is 3.18. The van der Waals surface area contributed by atoms with Gasteiger partial charge in [0.1, 0.15) is 5.75 Å². The number of halogens is 5. The first-order valence-electron chi connectivity index (χ1n) is 4.65. The van der Waals surface area contributed by atoms with Gasteiger partial charge in [0.25, 0.3) is 6.43 Å². The Balaban J connectivity index is 3.38. The van der Waals surface area contributed by atoms with E-state index in [0.29, 0.717) is 6.20 Å². The SMILES string of the molecule is NCc1c(CO)ncc(C(F)F)c1OC(F)(F)F. The Morgan fingerprint density at radius 1 is 1.39 bits per heavy atom. The van der Waals surface area contributed by atoms with E-state index in [1.807, 2.05) is 0 Å². The zero-order chi connectivity index (χ0) is 13.9. The van der Waals surface area contributed by atoms with Crippen LogP contribution in [0.4, 0.5) is 22.0 Å². The van der Waals surface area contributed by atoms with E-state index < -0.39 is 42.8 Å². The van der Waals surface area contributed by atoms with E-state index in [4.69, 9.17) is 10.8 Å². The number of hydrogen-bond donors (Lipinski definition) is 2. The summed E-state index contributed by atoms with van der Waals surface area (Å²) in [5.41, 5.74) is 3.52. The van der Waals surface area contributed by atoms with Crippen molar-refractivity contribution < 1.29 is 31.8 Å². The summed E-state index contributed by atoms with van der Waals surface area (Å²) >= 11 is 0. The Morgan fingerprint density at radius 2 is 2.00 bits per heavy atom. The van der Waals surface area contributed by atoms with Crippen LogP contribution in [0.3, 0.4) is 0 Å². The molecular formula is C9H9F5N2O2. The first kappa shape index (κ1) is 14.6. The molecule has 1 aromatic heterocycles. The molecule has 0 aliphatic carbocycles. The van der Waals surface area contributed by atoms with Gasteiger partial charge in [0.15, 0.2) is 0 Å². The van der Waals surface area contributed by atoms with Gasteiger partial charge in [0.2, 0.25) is 0 Å². The number of aliphatic hydroxyl groups is 1. The smallest absolute Gasteiger partial charge is 0.405 e. The van der Waals surface area contributed by atoms with Crippen LogP contribution in [-0.2, 0) is 13.2 Å². The van der Waals surface area contributed by atoms with Gasteiger partial charge in [-0.2, -0.15) is 0 Å². The highest BCUT2D eigenvalue weighted by atomic mass is 19.4. The molecular weight excluding hydrogens is 263 g/mol. The van der Waals surface area contributed by atoms with Gasteiger partial charge in [-0.25, -0.2) is 8.78 Å². The third-order valence-corrected chi connectivity index (χ3v) is 2.05. The number of ether oxygens (including phenoxy) is 1. The fourth-order valence-corrected chi connectivity index (χ4v) is 1.33. The maximum atomic E-state index is 12.6. The zero-order valence-electron chi connectivity index (χ0n) is 8.84. The largest absolute Gasteiger partial charge is 0.573 e. The Bertz CT molecular complexity index is 422. The summed E-state index contributed by atoms with van der Waals surface area (Å²) in [6.07, 6.45) is -7.81. The van der Waals surface area contributed by atoms with Gasteiger partial charge >= 0.3 is 6.36 Å². The van der Waals surface area contributed by atoms with Crippen LogP contribution in [0.25, 0.3) is 0 Å². The van der Waals surface area contributed by atoms with Gasteiger partial charge in [-0.1, -0.05) is 0 Å². The van der Waals surface area contributed by atoms with Gasteiger partial charge in [0.05, 0.1) is 17.9 Å². The fraction of sp³-hybridized carbons (Fsp3) is 0.444. The Hall–Kier alpha value is -1.48. The lowest BCUT2D eigenvalue weighted by Crippen LogP contribution is -2.21. The third kappa shape index (κ3) is 3.26. The second kappa shape index (κ2) is 5.44. The molecule has 0 aliphatic heterocycles. The maximum Gasteiger partial charge on any atom is 0.573 e. The number of hydrogen-bond acceptors (Lipinski definition) is 4. The van der Waals surface area contributed by atoms with Gasteiger partial charge in [0, 0.05) is 18.3 Å². The highest BCUT2D eigenvalue weighted by Crippen LogP contribution is 2.36. The lowest BCUT2D eigenvalue weighted by Gasteiger charge is -2.17. The average Bonchev–Trinajstić information content (AvgIpc) is 2.25. The van der Waals surface area contributed by atoms with E-state index in [2.05, 4.69) is 9.72 Å². The number of aromatic nitrogens is 1. The number of nitrogens with zero attached hydrogens (tertiary/aromatic N) is 1. The van der Waals surface area contributed by atoms with Crippen LogP contribution in [-0.4, -0.2) is 16.5 Å². The summed E-state index contributed by atoms with van der Waals surface area (Å²) in [7, 11) is 0. The molecule has 1 heterocycles. The van der Waals surface area contributed by atoms with E-state index >= 15 is 0 Å². The molecule has 0 aliphatic rings. The predicted molar refractivity (Wildman–Crippen MR) is 49.7 cm³/mol. The topological polar surface area (TPSA) is 68.4 Å². The minimum atomic E-state index is -5.14. The standard InChI is InChI=1S/C9H9F5N2O2/c10-8(11)5-2-16-6(3-17)4(1-15)7(5)18-9(12,13)14/h2,8,17H,1,3,15H2. The van der Waals surface area contributed by atoms with Crippen LogP contribution in [0.5, 0.6) is 5.75 Å². The first-order chi connectivity index (χ1) is 8.30. The molecule has 0 radical (unpaired) electrons. The van der Waals surface area contributed by atoms with Crippen LogP contribution < -0.4 is 10.5 Å². The molecule has 0 amide bonds. The number of rotatable bonds is 4. The summed E-state index contributed by atoms with van der Waals surface area (Å²) in [4.78, 5) is 3.42. The highest BCUT2D eigenvalue weighted by molar-refractivity contribution is 5.43. The normalized spacial score (nSPS) is 12.0. The van der Waals surface area contributed by atoms with E-state index in [9.17, 15) is 22.0 Å². The third-order valence-electron chi connectivity index (χ3n) is 2.05. The second-order valence-corrected chi connectivity index (χ2v) is 3.18. The summed E-state index contributed by atoms with van der Waals surface area (Å²) in [5.74, 6) is -1.10. The van der Waals surface area contributed by atoms with E-state index in [1.54, 1.807) is 0 Å². The Labute approximate surface area is 98.2 Å². The molecule has 0 bridgehead atoms. The molecule has 18 heavy (non-hydrogen) atoms. The van der Waals surface area contributed by atoms with Crippen molar-refractivity contribution in [3.63, 3.8) is 0 Å². The van der Waals surface area contributed by atoms with Crippen molar-refractivity contribution in [2.75, 3.05) is 0 Å². The summed E-state index contributed by atoms with van der Waals surface area (Å²) in [6.45, 7) is -1.25. The van der Waals surface area contributed by atoms with E-state index in [1.165, 1.54) is 0 Å².